The Hall–Kier alpha value is -1.68. The molecule has 2 rings (SSSR count). The first-order valence-corrected chi connectivity index (χ1v) is 9.39. The molecule has 0 radical (unpaired) electrons. The maximum absolute atomic E-state index is 5.71. The van der Waals surface area contributed by atoms with Gasteiger partial charge < -0.3 is 9.64 Å². The van der Waals surface area contributed by atoms with E-state index in [9.17, 15) is 0 Å². The number of allylic oxidation sites excluding steroid dienone is 1. The van der Waals surface area contributed by atoms with Crippen molar-refractivity contribution in [2.24, 2.45) is 4.99 Å². The highest BCUT2D eigenvalue weighted by Crippen LogP contribution is 2.26. The first kappa shape index (κ1) is 18.7. The molecule has 4 heteroatoms. The van der Waals surface area contributed by atoms with E-state index in [1.807, 2.05) is 11.8 Å². The molecule has 1 heterocycles. The second kappa shape index (κ2) is 8.43. The van der Waals surface area contributed by atoms with E-state index >= 15 is 0 Å². The Kier molecular flexibility index (Phi) is 6.55. The molecule has 0 amide bonds. The monoisotopic (exact) mass is 344 g/mol. The van der Waals surface area contributed by atoms with Crippen molar-refractivity contribution in [1.29, 1.82) is 0 Å². The summed E-state index contributed by atoms with van der Waals surface area (Å²) in [6.45, 7) is 14.1. The van der Waals surface area contributed by atoms with Crippen LogP contribution < -0.4 is 0 Å². The predicted octanol–water partition coefficient (Wildman–Crippen LogP) is 5.09. The summed E-state index contributed by atoms with van der Waals surface area (Å²) in [5.74, 6) is 0.658. The lowest BCUT2D eigenvalue weighted by molar-refractivity contribution is 0.219. The van der Waals surface area contributed by atoms with Crippen LogP contribution in [0.25, 0.3) is 0 Å². The van der Waals surface area contributed by atoms with Crippen molar-refractivity contribution in [3.63, 3.8) is 0 Å². The second-order valence-corrected chi connectivity index (χ2v) is 7.96. The molecular formula is C20H28N2OS. The van der Waals surface area contributed by atoms with Crippen LogP contribution in [0, 0.1) is 0 Å². The van der Waals surface area contributed by atoms with Gasteiger partial charge in [-0.3, -0.25) is 0 Å². The molecule has 130 valence electrons. The van der Waals surface area contributed by atoms with Crippen LogP contribution >= 0.6 is 11.8 Å². The van der Waals surface area contributed by atoms with Crippen LogP contribution in [0.2, 0.25) is 0 Å². The van der Waals surface area contributed by atoms with E-state index in [1.165, 1.54) is 4.90 Å². The van der Waals surface area contributed by atoms with Gasteiger partial charge in [-0.1, -0.05) is 39.5 Å². The average Bonchev–Trinajstić information content (AvgIpc) is 2.55. The van der Waals surface area contributed by atoms with Gasteiger partial charge in [0.2, 0.25) is 0 Å². The molecule has 0 bridgehead atoms. The molecule has 0 spiro atoms. The lowest BCUT2D eigenvalue weighted by Gasteiger charge is -2.28. The summed E-state index contributed by atoms with van der Waals surface area (Å²) in [6.07, 6.45) is 0.965. The van der Waals surface area contributed by atoms with Crippen LogP contribution in [0.5, 0.6) is 0 Å². The number of hydrogen-bond acceptors (Lipinski definition) is 4. The Labute approximate surface area is 150 Å². The van der Waals surface area contributed by atoms with E-state index < -0.39 is 0 Å². The van der Waals surface area contributed by atoms with Crippen molar-refractivity contribution < 1.29 is 4.74 Å². The minimum atomic E-state index is 0.588. The molecule has 1 aliphatic heterocycles. The third kappa shape index (κ3) is 4.67. The Bertz CT molecular complexity index is 644. The van der Waals surface area contributed by atoms with Crippen molar-refractivity contribution in [2.75, 3.05) is 20.2 Å². The molecule has 0 saturated heterocycles. The van der Waals surface area contributed by atoms with Gasteiger partial charge >= 0.3 is 0 Å². The van der Waals surface area contributed by atoms with Gasteiger partial charge in [-0.2, -0.15) is 0 Å². The van der Waals surface area contributed by atoms with Crippen molar-refractivity contribution in [2.45, 2.75) is 44.3 Å². The summed E-state index contributed by atoms with van der Waals surface area (Å²) in [6, 6.07) is 8.67. The molecule has 0 aliphatic carbocycles. The van der Waals surface area contributed by atoms with E-state index in [0.29, 0.717) is 17.6 Å². The van der Waals surface area contributed by atoms with E-state index in [-0.39, 0.29) is 0 Å². The molecule has 0 aromatic heterocycles. The molecule has 0 fully saturated rings. The zero-order valence-corrected chi connectivity index (χ0v) is 16.2. The highest BCUT2D eigenvalue weighted by molar-refractivity contribution is 7.99. The molecule has 0 atom stereocenters. The van der Waals surface area contributed by atoms with Gasteiger partial charge in [-0.25, -0.2) is 4.99 Å². The Balaban J connectivity index is 2.24. The Morgan fingerprint density at radius 2 is 2.00 bits per heavy atom. The molecule has 0 unspecified atom stereocenters. The third-order valence-electron chi connectivity index (χ3n) is 3.85. The lowest BCUT2D eigenvalue weighted by Crippen LogP contribution is -2.30. The number of rotatable bonds is 7. The summed E-state index contributed by atoms with van der Waals surface area (Å²) >= 11 is 1.88. The largest absolute Gasteiger partial charge is 0.492 e. The molecule has 0 saturated carbocycles. The molecular weight excluding hydrogens is 316 g/mol. The zero-order valence-electron chi connectivity index (χ0n) is 15.4. The zero-order chi connectivity index (χ0) is 17.7. The number of benzene rings is 1. The van der Waals surface area contributed by atoms with Crippen LogP contribution in [0.1, 0.15) is 39.7 Å². The summed E-state index contributed by atoms with van der Waals surface area (Å²) in [4.78, 5) is 8.35. The number of hydrogen-bond donors (Lipinski definition) is 0. The second-order valence-electron chi connectivity index (χ2n) is 6.31. The maximum Gasteiger partial charge on any atom is 0.139 e. The fourth-order valence-corrected chi connectivity index (χ4v) is 3.32. The van der Waals surface area contributed by atoms with Crippen LogP contribution in [0.3, 0.4) is 0 Å². The maximum atomic E-state index is 5.71. The van der Waals surface area contributed by atoms with Crippen molar-refractivity contribution >= 4 is 17.5 Å². The molecule has 1 aromatic rings. The van der Waals surface area contributed by atoms with Gasteiger partial charge in [0.15, 0.2) is 0 Å². The van der Waals surface area contributed by atoms with Crippen LogP contribution in [-0.2, 0) is 4.74 Å². The van der Waals surface area contributed by atoms with Crippen molar-refractivity contribution in [3.05, 3.63) is 53.6 Å². The first-order chi connectivity index (χ1) is 11.4. The van der Waals surface area contributed by atoms with Crippen molar-refractivity contribution in [1.82, 2.24) is 4.90 Å². The summed E-state index contributed by atoms with van der Waals surface area (Å²) in [5, 5.41) is 0.588. The van der Waals surface area contributed by atoms with Gasteiger partial charge in [-0.15, -0.1) is 11.8 Å². The average molecular weight is 345 g/mol. The predicted molar refractivity (Wildman–Crippen MR) is 105 cm³/mol. The molecule has 1 aromatic carbocycles. The topological polar surface area (TPSA) is 24.8 Å². The van der Waals surface area contributed by atoms with Crippen LogP contribution in [-0.4, -0.2) is 36.1 Å². The standard InChI is InChI=1S/C20H28N2OS/c1-7-12-23-16(5)20-15(4)22(6)13-19(21-20)17-8-10-18(11-9-17)24-14(2)3/h8-11,14H,5,7,12-13H2,1-4,6H3. The molecule has 0 N–H and O–H groups in total. The lowest BCUT2D eigenvalue weighted by atomic mass is 10.1. The molecule has 24 heavy (non-hydrogen) atoms. The summed E-state index contributed by atoms with van der Waals surface area (Å²) in [5.41, 5.74) is 4.17. The number of thioether (sulfide) groups is 1. The van der Waals surface area contributed by atoms with E-state index in [2.05, 4.69) is 70.5 Å². The fourth-order valence-electron chi connectivity index (χ4n) is 2.49. The van der Waals surface area contributed by atoms with E-state index in [0.717, 1.165) is 35.6 Å². The highest BCUT2D eigenvalue weighted by atomic mass is 32.2. The van der Waals surface area contributed by atoms with Gasteiger partial charge in [-0.05, 0) is 31.0 Å². The fraction of sp³-hybridized carbons (Fsp3) is 0.450. The van der Waals surface area contributed by atoms with Crippen molar-refractivity contribution in [3.8, 4) is 0 Å². The van der Waals surface area contributed by atoms with E-state index in [4.69, 9.17) is 9.73 Å². The molecule has 1 aliphatic rings. The van der Waals surface area contributed by atoms with Gasteiger partial charge in [0.1, 0.15) is 11.5 Å². The SMILES string of the molecule is C=C(OCCC)C1=C(C)N(C)CC(c2ccc(SC(C)C)cc2)=N1. The van der Waals surface area contributed by atoms with Gasteiger partial charge in [0, 0.05) is 22.9 Å². The van der Waals surface area contributed by atoms with Crippen LogP contribution in [0.15, 0.2) is 57.9 Å². The normalized spacial score (nSPS) is 14.9. The first-order valence-electron chi connectivity index (χ1n) is 8.51. The Morgan fingerprint density at radius 1 is 1.33 bits per heavy atom. The Morgan fingerprint density at radius 3 is 2.58 bits per heavy atom. The highest BCUT2D eigenvalue weighted by Gasteiger charge is 2.20. The van der Waals surface area contributed by atoms with E-state index in [1.54, 1.807) is 0 Å². The number of nitrogens with zero attached hydrogens (tertiary/aromatic N) is 2. The number of ether oxygens (including phenoxy) is 1. The third-order valence-corrected chi connectivity index (χ3v) is 4.87. The molecule has 3 nitrogen and oxygen atoms in total. The number of likely N-dealkylation sites (N-methyl/N-ethyl adjacent to an activating group) is 1. The summed E-state index contributed by atoms with van der Waals surface area (Å²) < 4.78 is 5.71. The number of aliphatic imine (C=N–C) groups is 1. The summed E-state index contributed by atoms with van der Waals surface area (Å²) in [7, 11) is 2.08. The van der Waals surface area contributed by atoms with Crippen LogP contribution in [0.4, 0.5) is 0 Å². The van der Waals surface area contributed by atoms with Gasteiger partial charge in [0.25, 0.3) is 0 Å². The minimum Gasteiger partial charge on any atom is -0.492 e. The smallest absolute Gasteiger partial charge is 0.139 e. The minimum absolute atomic E-state index is 0.588. The quantitative estimate of drug-likeness (QED) is 0.508. The van der Waals surface area contributed by atoms with Gasteiger partial charge in [0.05, 0.1) is 18.9 Å².